The molecule has 8 heteroatoms. The molecule has 0 aliphatic carbocycles. The number of carbonyl (C=O) groups excluding carboxylic acids is 2. The van der Waals surface area contributed by atoms with Crippen LogP contribution in [0.1, 0.15) is 42.3 Å². The number of amides is 2. The number of phenolic OH excluding ortho intramolecular Hbond substituents is 3. The van der Waals surface area contributed by atoms with Crippen LogP contribution in [0.3, 0.4) is 0 Å². The first-order valence-electron chi connectivity index (χ1n) is 10.5. The minimum absolute atomic E-state index is 0.0648. The van der Waals surface area contributed by atoms with E-state index in [9.17, 15) is 24.9 Å². The summed E-state index contributed by atoms with van der Waals surface area (Å²) < 4.78 is 5.86. The summed E-state index contributed by atoms with van der Waals surface area (Å²) in [6, 6.07) is 8.14. The number of phenols is 3. The molecule has 2 aromatic rings. The minimum atomic E-state index is -0.667. The fourth-order valence-electron chi connectivity index (χ4n) is 3.66. The van der Waals surface area contributed by atoms with Crippen LogP contribution in [0.2, 0.25) is 0 Å². The van der Waals surface area contributed by atoms with E-state index in [0.717, 1.165) is 23.3 Å². The zero-order valence-corrected chi connectivity index (χ0v) is 18.9. The molecular weight excluding hydrogens is 412 g/mol. The van der Waals surface area contributed by atoms with Crippen LogP contribution in [-0.2, 0) is 10.2 Å². The fourth-order valence-corrected chi connectivity index (χ4v) is 3.66. The van der Waals surface area contributed by atoms with Crippen molar-refractivity contribution in [3.8, 4) is 23.0 Å². The maximum atomic E-state index is 12.7. The fraction of sp³-hybridized carbons (Fsp3) is 0.417. The van der Waals surface area contributed by atoms with E-state index >= 15 is 0 Å². The summed E-state index contributed by atoms with van der Waals surface area (Å²) in [6.45, 7) is 9.55. The molecule has 3 N–H and O–H groups in total. The molecule has 1 saturated heterocycles. The van der Waals surface area contributed by atoms with Crippen LogP contribution < -0.4 is 4.74 Å². The van der Waals surface area contributed by atoms with E-state index in [-0.39, 0.29) is 23.5 Å². The summed E-state index contributed by atoms with van der Waals surface area (Å²) in [7, 11) is 0. The Kier molecular flexibility index (Phi) is 6.52. The van der Waals surface area contributed by atoms with Crippen molar-refractivity contribution in [2.24, 2.45) is 0 Å². The number of ether oxygens (including phenoxy) is 1. The van der Waals surface area contributed by atoms with Gasteiger partial charge in [0.1, 0.15) is 5.75 Å². The van der Waals surface area contributed by atoms with Crippen molar-refractivity contribution >= 4 is 11.8 Å². The molecule has 2 amide bonds. The van der Waals surface area contributed by atoms with E-state index in [0.29, 0.717) is 31.9 Å². The molecule has 0 bridgehead atoms. The van der Waals surface area contributed by atoms with E-state index in [1.807, 2.05) is 19.1 Å². The lowest BCUT2D eigenvalue weighted by atomic mass is 9.85. The van der Waals surface area contributed by atoms with E-state index in [4.69, 9.17) is 4.74 Å². The maximum absolute atomic E-state index is 12.7. The molecule has 1 aliphatic heterocycles. The standard InChI is InChI=1S/C24H30N2O6/c1-15-5-6-20(17(11-15)24(2,3)4)32-14-21(29)25-7-9-26(10-8-25)23(31)16-12-18(27)22(30)19(28)13-16/h5-6,11-13,27-28,30H,7-10,14H2,1-4H3. The van der Waals surface area contributed by atoms with Crippen molar-refractivity contribution in [3.05, 3.63) is 47.0 Å². The van der Waals surface area contributed by atoms with Crippen molar-refractivity contribution in [3.63, 3.8) is 0 Å². The zero-order valence-electron chi connectivity index (χ0n) is 18.9. The van der Waals surface area contributed by atoms with Gasteiger partial charge in [0.05, 0.1) is 0 Å². The van der Waals surface area contributed by atoms with Crippen LogP contribution in [0.5, 0.6) is 23.0 Å². The van der Waals surface area contributed by atoms with Crippen LogP contribution >= 0.6 is 0 Å². The first-order valence-corrected chi connectivity index (χ1v) is 10.5. The normalized spacial score (nSPS) is 14.4. The van der Waals surface area contributed by atoms with Gasteiger partial charge < -0.3 is 29.9 Å². The summed E-state index contributed by atoms with van der Waals surface area (Å²) in [4.78, 5) is 28.5. The number of hydrogen-bond acceptors (Lipinski definition) is 6. The summed E-state index contributed by atoms with van der Waals surface area (Å²) in [5.74, 6) is -1.65. The van der Waals surface area contributed by atoms with Crippen molar-refractivity contribution in [2.75, 3.05) is 32.8 Å². The van der Waals surface area contributed by atoms with Gasteiger partial charge in [-0.3, -0.25) is 9.59 Å². The van der Waals surface area contributed by atoms with Crippen molar-refractivity contribution in [1.82, 2.24) is 9.80 Å². The lowest BCUT2D eigenvalue weighted by Gasteiger charge is -2.35. The zero-order chi connectivity index (χ0) is 23.6. The molecule has 0 radical (unpaired) electrons. The highest BCUT2D eigenvalue weighted by molar-refractivity contribution is 5.95. The molecule has 0 aromatic heterocycles. The van der Waals surface area contributed by atoms with Gasteiger partial charge in [-0.15, -0.1) is 0 Å². The molecule has 1 aliphatic rings. The topological polar surface area (TPSA) is 111 Å². The first-order chi connectivity index (χ1) is 15.0. The average Bonchev–Trinajstić information content (AvgIpc) is 2.75. The Morgan fingerprint density at radius 3 is 2.06 bits per heavy atom. The van der Waals surface area contributed by atoms with Gasteiger partial charge in [0, 0.05) is 31.7 Å². The molecule has 0 spiro atoms. The largest absolute Gasteiger partial charge is 0.504 e. The number of nitrogens with zero attached hydrogens (tertiary/aromatic N) is 2. The van der Waals surface area contributed by atoms with E-state index in [1.54, 1.807) is 4.90 Å². The summed E-state index contributed by atoms with van der Waals surface area (Å²) in [6.07, 6.45) is 0. The Hall–Kier alpha value is -3.42. The third-order valence-corrected chi connectivity index (χ3v) is 5.53. The van der Waals surface area contributed by atoms with Crippen LogP contribution in [0.15, 0.2) is 30.3 Å². The molecule has 172 valence electrons. The molecule has 1 heterocycles. The summed E-state index contributed by atoms with van der Waals surface area (Å²) in [5.41, 5.74) is 2.12. The lowest BCUT2D eigenvalue weighted by Crippen LogP contribution is -2.51. The maximum Gasteiger partial charge on any atom is 0.260 e. The van der Waals surface area contributed by atoms with Crippen LogP contribution in [0, 0.1) is 6.92 Å². The molecular formula is C24H30N2O6. The molecule has 3 rings (SSSR count). The molecule has 0 saturated carbocycles. The molecule has 8 nitrogen and oxygen atoms in total. The Morgan fingerprint density at radius 1 is 0.938 bits per heavy atom. The molecule has 1 fully saturated rings. The first kappa shape index (κ1) is 23.2. The molecule has 32 heavy (non-hydrogen) atoms. The quantitative estimate of drug-likeness (QED) is 0.628. The highest BCUT2D eigenvalue weighted by atomic mass is 16.5. The highest BCUT2D eigenvalue weighted by Crippen LogP contribution is 2.36. The monoisotopic (exact) mass is 442 g/mol. The number of hydrogen-bond donors (Lipinski definition) is 3. The van der Waals surface area contributed by atoms with Gasteiger partial charge in [-0.25, -0.2) is 0 Å². The van der Waals surface area contributed by atoms with E-state index in [2.05, 4.69) is 26.8 Å². The minimum Gasteiger partial charge on any atom is -0.504 e. The van der Waals surface area contributed by atoms with Gasteiger partial charge in [-0.2, -0.15) is 0 Å². The third kappa shape index (κ3) is 5.07. The number of carbonyl (C=O) groups is 2. The predicted octanol–water partition coefficient (Wildman–Crippen LogP) is 2.77. The Labute approximate surface area is 187 Å². The van der Waals surface area contributed by atoms with Gasteiger partial charge in [0.15, 0.2) is 23.9 Å². The Morgan fingerprint density at radius 2 is 1.50 bits per heavy atom. The van der Waals surface area contributed by atoms with E-state index < -0.39 is 23.2 Å². The SMILES string of the molecule is Cc1ccc(OCC(=O)N2CCN(C(=O)c3cc(O)c(O)c(O)c3)CC2)c(C(C)(C)C)c1. The van der Waals surface area contributed by atoms with Gasteiger partial charge in [0.2, 0.25) is 0 Å². The smallest absolute Gasteiger partial charge is 0.260 e. The molecule has 2 aromatic carbocycles. The Balaban J connectivity index is 1.58. The number of aryl methyl sites for hydroxylation is 1. The lowest BCUT2D eigenvalue weighted by molar-refractivity contribution is -0.134. The number of aromatic hydroxyl groups is 3. The van der Waals surface area contributed by atoms with Gasteiger partial charge in [-0.05, 0) is 36.1 Å². The van der Waals surface area contributed by atoms with Crippen LogP contribution in [0.25, 0.3) is 0 Å². The second kappa shape index (κ2) is 8.98. The number of benzene rings is 2. The van der Waals surface area contributed by atoms with Crippen molar-refractivity contribution in [2.45, 2.75) is 33.1 Å². The van der Waals surface area contributed by atoms with Gasteiger partial charge in [-0.1, -0.05) is 38.5 Å². The van der Waals surface area contributed by atoms with Crippen molar-refractivity contribution < 1.29 is 29.6 Å². The van der Waals surface area contributed by atoms with Crippen LogP contribution in [0.4, 0.5) is 0 Å². The van der Waals surface area contributed by atoms with Crippen molar-refractivity contribution in [1.29, 1.82) is 0 Å². The second-order valence-corrected chi connectivity index (χ2v) is 9.07. The highest BCUT2D eigenvalue weighted by Gasteiger charge is 2.27. The van der Waals surface area contributed by atoms with Crippen LogP contribution in [-0.4, -0.2) is 69.7 Å². The number of rotatable bonds is 4. The molecule has 0 unspecified atom stereocenters. The molecule has 0 atom stereocenters. The summed E-state index contributed by atoms with van der Waals surface area (Å²) in [5, 5.41) is 28.7. The van der Waals surface area contributed by atoms with Gasteiger partial charge >= 0.3 is 0 Å². The second-order valence-electron chi connectivity index (χ2n) is 9.07. The Bertz CT molecular complexity index is 997. The number of piperazine rings is 1. The average molecular weight is 443 g/mol. The summed E-state index contributed by atoms with van der Waals surface area (Å²) >= 11 is 0. The predicted molar refractivity (Wildman–Crippen MR) is 119 cm³/mol. The third-order valence-electron chi connectivity index (χ3n) is 5.53. The van der Waals surface area contributed by atoms with Gasteiger partial charge in [0.25, 0.3) is 11.8 Å². The van der Waals surface area contributed by atoms with E-state index in [1.165, 1.54) is 4.90 Å².